The van der Waals surface area contributed by atoms with E-state index in [4.69, 9.17) is 23.7 Å². The summed E-state index contributed by atoms with van der Waals surface area (Å²) in [5.74, 6) is 0.757. The molecule has 1 aromatic carbocycles. The third kappa shape index (κ3) is 15.2. The average Bonchev–Trinajstić information content (AvgIpc) is 2.72. The van der Waals surface area contributed by atoms with E-state index in [9.17, 15) is 9.59 Å². The van der Waals surface area contributed by atoms with Gasteiger partial charge in [-0.2, -0.15) is 0 Å². The Bertz CT molecular complexity index is 683. The van der Waals surface area contributed by atoms with Crippen molar-refractivity contribution in [2.24, 2.45) is 5.92 Å². The maximum Gasteiger partial charge on any atom is 0.408 e. The number of alkyl carbamates (subject to hydrolysis) is 1. The molecule has 0 unspecified atom stereocenters. The third-order valence-corrected chi connectivity index (χ3v) is 4.19. The van der Waals surface area contributed by atoms with Crippen LogP contribution >= 0.6 is 0 Å². The van der Waals surface area contributed by atoms with Crippen molar-refractivity contribution in [3.05, 3.63) is 29.8 Å². The summed E-state index contributed by atoms with van der Waals surface area (Å²) in [7, 11) is 0. The topological polar surface area (TPSA) is 92.3 Å². The van der Waals surface area contributed by atoms with Crippen LogP contribution in [0.25, 0.3) is 0 Å². The van der Waals surface area contributed by atoms with Crippen molar-refractivity contribution in [1.82, 2.24) is 5.32 Å². The van der Waals surface area contributed by atoms with Gasteiger partial charge >= 0.3 is 12.1 Å². The van der Waals surface area contributed by atoms with Crippen LogP contribution in [-0.2, 0) is 23.7 Å². The van der Waals surface area contributed by atoms with Gasteiger partial charge in [-0.25, -0.2) is 9.59 Å². The number of carbonyl (C=O) groups excluding carboxylic acids is 2. The fourth-order valence-electron chi connectivity index (χ4n) is 2.59. The number of rotatable bonds is 15. The second kappa shape index (κ2) is 15.5. The Labute approximate surface area is 198 Å². The van der Waals surface area contributed by atoms with E-state index in [1.54, 1.807) is 0 Å². The maximum absolute atomic E-state index is 11.9. The van der Waals surface area contributed by atoms with Gasteiger partial charge in [0.25, 0.3) is 0 Å². The predicted molar refractivity (Wildman–Crippen MR) is 126 cm³/mol. The molecule has 8 nitrogen and oxygen atoms in total. The van der Waals surface area contributed by atoms with Gasteiger partial charge in [-0.3, -0.25) is 0 Å². The summed E-state index contributed by atoms with van der Waals surface area (Å²) in [6.07, 6.45) is 1.04. The Hall–Kier alpha value is -2.32. The van der Waals surface area contributed by atoms with Gasteiger partial charge in [-0.1, -0.05) is 26.0 Å². The Morgan fingerprint density at radius 1 is 0.909 bits per heavy atom. The van der Waals surface area contributed by atoms with E-state index < -0.39 is 11.7 Å². The monoisotopic (exact) mass is 467 g/mol. The fourth-order valence-corrected chi connectivity index (χ4v) is 2.59. The number of benzene rings is 1. The minimum atomic E-state index is -0.526. The smallest absolute Gasteiger partial charge is 0.408 e. The van der Waals surface area contributed by atoms with Gasteiger partial charge in [0.05, 0.1) is 19.3 Å². The predicted octanol–water partition coefficient (Wildman–Crippen LogP) is 4.66. The molecule has 0 aliphatic carbocycles. The molecule has 0 aliphatic heterocycles. The molecule has 1 N–H and O–H groups in total. The van der Waals surface area contributed by atoms with Gasteiger partial charge in [-0.15, -0.1) is 0 Å². The third-order valence-electron chi connectivity index (χ3n) is 4.19. The first-order chi connectivity index (χ1) is 15.6. The lowest BCUT2D eigenvalue weighted by molar-refractivity contribution is -0.150. The minimum Gasteiger partial charge on any atom is -0.494 e. The van der Waals surface area contributed by atoms with Crippen molar-refractivity contribution in [3.8, 4) is 5.75 Å². The van der Waals surface area contributed by atoms with E-state index in [-0.39, 0.29) is 18.6 Å². The van der Waals surface area contributed by atoms with Crippen LogP contribution in [0.1, 0.15) is 66.0 Å². The molecule has 1 aromatic rings. The van der Waals surface area contributed by atoms with Crippen molar-refractivity contribution < 1.29 is 33.3 Å². The molecule has 188 valence electrons. The lowest BCUT2D eigenvalue weighted by atomic mass is 10.1. The normalized spacial score (nSPS) is 12.3. The highest BCUT2D eigenvalue weighted by molar-refractivity contribution is 5.70. The van der Waals surface area contributed by atoms with Crippen molar-refractivity contribution in [2.75, 3.05) is 39.6 Å². The first-order valence-corrected chi connectivity index (χ1v) is 11.6. The minimum absolute atomic E-state index is 0.0187. The van der Waals surface area contributed by atoms with Crippen LogP contribution in [0.15, 0.2) is 24.3 Å². The Morgan fingerprint density at radius 2 is 1.52 bits per heavy atom. The number of hydrogen-bond donors (Lipinski definition) is 1. The molecule has 1 amide bonds. The van der Waals surface area contributed by atoms with Gasteiger partial charge in [0.15, 0.2) is 0 Å². The quantitative estimate of drug-likeness (QED) is 0.296. The second-order valence-electron chi connectivity index (χ2n) is 9.23. The molecule has 0 saturated heterocycles. The van der Waals surface area contributed by atoms with E-state index >= 15 is 0 Å². The Balaban J connectivity index is 2.08. The van der Waals surface area contributed by atoms with Gasteiger partial charge in [0.1, 0.15) is 18.0 Å². The molecule has 33 heavy (non-hydrogen) atoms. The standard InChI is InChI=1S/C25H41NO7/c1-19(2)17-32-23(27)18-30-15-7-13-29-14-8-16-31-22-11-9-21(10-12-22)20(3)26-24(28)33-25(4,5)6/h9-12,19-20H,7-8,13-18H2,1-6H3,(H,26,28)/t20-/m0/s1. The van der Waals surface area contributed by atoms with Crippen LogP contribution in [0.3, 0.4) is 0 Å². The van der Waals surface area contributed by atoms with E-state index in [1.165, 1.54) is 0 Å². The molecule has 0 radical (unpaired) electrons. The molecule has 0 aliphatic rings. The second-order valence-corrected chi connectivity index (χ2v) is 9.23. The van der Waals surface area contributed by atoms with Crippen LogP contribution in [0, 0.1) is 5.92 Å². The molecule has 0 heterocycles. The maximum atomic E-state index is 11.9. The SMILES string of the molecule is CC(C)COC(=O)COCCCOCCCOc1ccc([C@H](C)NC(=O)OC(C)(C)C)cc1. The van der Waals surface area contributed by atoms with Crippen molar-refractivity contribution in [1.29, 1.82) is 0 Å². The summed E-state index contributed by atoms with van der Waals surface area (Å²) in [6, 6.07) is 7.44. The summed E-state index contributed by atoms with van der Waals surface area (Å²) < 4.78 is 26.9. The first kappa shape index (κ1) is 28.7. The summed E-state index contributed by atoms with van der Waals surface area (Å²) in [5.41, 5.74) is 0.439. The molecular weight excluding hydrogens is 426 g/mol. The van der Waals surface area contributed by atoms with Crippen molar-refractivity contribution in [2.45, 2.75) is 66.0 Å². The van der Waals surface area contributed by atoms with E-state index in [2.05, 4.69) is 5.32 Å². The number of carbonyl (C=O) groups is 2. The first-order valence-electron chi connectivity index (χ1n) is 11.6. The van der Waals surface area contributed by atoms with Gasteiger partial charge < -0.3 is 29.0 Å². The highest BCUT2D eigenvalue weighted by Crippen LogP contribution is 2.18. The van der Waals surface area contributed by atoms with E-state index in [1.807, 2.05) is 65.8 Å². The zero-order valence-electron chi connectivity index (χ0n) is 21.0. The largest absolute Gasteiger partial charge is 0.494 e. The van der Waals surface area contributed by atoms with E-state index in [0.29, 0.717) is 39.0 Å². The Morgan fingerprint density at radius 3 is 2.12 bits per heavy atom. The van der Waals surface area contributed by atoms with E-state index in [0.717, 1.165) is 24.2 Å². The number of hydrogen-bond acceptors (Lipinski definition) is 7. The highest BCUT2D eigenvalue weighted by atomic mass is 16.6. The molecule has 0 bridgehead atoms. The Kier molecular flexibility index (Phi) is 13.5. The average molecular weight is 468 g/mol. The van der Waals surface area contributed by atoms with Gasteiger partial charge in [0, 0.05) is 26.2 Å². The number of nitrogens with one attached hydrogen (secondary N) is 1. The van der Waals surface area contributed by atoms with Crippen LogP contribution in [0.2, 0.25) is 0 Å². The van der Waals surface area contributed by atoms with Gasteiger partial charge in [0.2, 0.25) is 0 Å². The lowest BCUT2D eigenvalue weighted by Gasteiger charge is -2.22. The summed E-state index contributed by atoms with van der Waals surface area (Å²) >= 11 is 0. The molecule has 1 rings (SSSR count). The lowest BCUT2D eigenvalue weighted by Crippen LogP contribution is -2.34. The molecule has 0 fully saturated rings. The molecule has 1 atom stereocenters. The summed E-state index contributed by atoms with van der Waals surface area (Å²) in [6.45, 7) is 13.9. The van der Waals surface area contributed by atoms with Crippen LogP contribution < -0.4 is 10.1 Å². The zero-order chi connectivity index (χ0) is 24.7. The van der Waals surface area contributed by atoms with Crippen molar-refractivity contribution >= 4 is 12.1 Å². The van der Waals surface area contributed by atoms with Crippen LogP contribution in [0.4, 0.5) is 4.79 Å². The number of amides is 1. The molecule has 0 spiro atoms. The molecule has 0 aromatic heterocycles. The highest BCUT2D eigenvalue weighted by Gasteiger charge is 2.18. The molecule has 8 heteroatoms. The fraction of sp³-hybridized carbons (Fsp3) is 0.680. The molecule has 0 saturated carbocycles. The molecular formula is C25H41NO7. The number of ether oxygens (including phenoxy) is 5. The zero-order valence-corrected chi connectivity index (χ0v) is 21.0. The number of esters is 1. The summed E-state index contributed by atoms with van der Waals surface area (Å²) in [4.78, 5) is 23.3. The van der Waals surface area contributed by atoms with Crippen LogP contribution in [-0.4, -0.2) is 57.3 Å². The van der Waals surface area contributed by atoms with Crippen LogP contribution in [0.5, 0.6) is 5.75 Å². The van der Waals surface area contributed by atoms with Crippen molar-refractivity contribution in [3.63, 3.8) is 0 Å². The van der Waals surface area contributed by atoms with Gasteiger partial charge in [-0.05, 0) is 57.7 Å². The summed E-state index contributed by atoms with van der Waals surface area (Å²) in [5, 5.41) is 2.82.